The summed E-state index contributed by atoms with van der Waals surface area (Å²) < 4.78 is 10.7. The molecule has 0 aliphatic rings. The Labute approximate surface area is 422 Å². The third kappa shape index (κ3) is 55.7. The van der Waals surface area contributed by atoms with Gasteiger partial charge in [-0.2, -0.15) is 0 Å². The van der Waals surface area contributed by atoms with Crippen molar-refractivity contribution in [2.24, 2.45) is 0 Å². The van der Waals surface area contributed by atoms with Gasteiger partial charge in [0.1, 0.15) is 6.61 Å². The first kappa shape index (κ1) is 65.1. The third-order valence-corrected chi connectivity index (χ3v) is 12.7. The minimum absolute atomic E-state index is 0.0854. The maximum absolute atomic E-state index is 12.3. The molecule has 5 heteroatoms. The first-order chi connectivity index (χ1) is 33.6. The van der Waals surface area contributed by atoms with E-state index in [1.165, 1.54) is 180 Å². The molecule has 0 aromatic carbocycles. The molecule has 0 heterocycles. The molecule has 0 saturated carbocycles. The highest BCUT2D eigenvalue weighted by Gasteiger charge is 2.16. The predicted octanol–water partition coefficient (Wildman–Crippen LogP) is 19.8. The number of unbranched alkanes of at least 4 members (excludes halogenated alkanes) is 31. The number of hydrogen-bond donors (Lipinski definition) is 1. The van der Waals surface area contributed by atoms with E-state index in [-0.39, 0.29) is 25.2 Å². The zero-order valence-corrected chi connectivity index (χ0v) is 44.9. The molecule has 0 aromatic rings. The van der Waals surface area contributed by atoms with Gasteiger partial charge in [-0.1, -0.05) is 266 Å². The highest BCUT2D eigenvalue weighted by Crippen LogP contribution is 2.17. The van der Waals surface area contributed by atoms with E-state index < -0.39 is 6.10 Å². The summed E-state index contributed by atoms with van der Waals surface area (Å²) >= 11 is 0. The number of aliphatic hydroxyl groups excluding tert-OH is 1. The summed E-state index contributed by atoms with van der Waals surface area (Å²) in [5.41, 5.74) is 0. The summed E-state index contributed by atoms with van der Waals surface area (Å²) in [5, 5.41) is 9.64. The number of esters is 2. The molecular formula is C63H110O5. The lowest BCUT2D eigenvalue weighted by Crippen LogP contribution is -2.28. The molecule has 1 atom stereocenters. The van der Waals surface area contributed by atoms with E-state index in [0.717, 1.165) is 77.0 Å². The van der Waals surface area contributed by atoms with Crippen molar-refractivity contribution in [1.29, 1.82) is 0 Å². The quantitative estimate of drug-likeness (QED) is 0.0374. The fourth-order valence-electron chi connectivity index (χ4n) is 8.32. The first-order valence-corrected chi connectivity index (χ1v) is 29.1. The van der Waals surface area contributed by atoms with Crippen molar-refractivity contribution >= 4 is 11.9 Å². The van der Waals surface area contributed by atoms with Crippen molar-refractivity contribution in [2.75, 3.05) is 13.2 Å². The Hall–Kier alpha value is -2.92. The maximum atomic E-state index is 12.3. The van der Waals surface area contributed by atoms with Crippen LogP contribution in [-0.4, -0.2) is 36.4 Å². The number of allylic oxidation sites excluding steroid dienone is 14. The molecule has 0 amide bonds. The summed E-state index contributed by atoms with van der Waals surface area (Å²) in [6, 6.07) is 0. The molecular weight excluding hydrogens is 837 g/mol. The van der Waals surface area contributed by atoms with E-state index in [9.17, 15) is 14.7 Å². The minimum Gasteiger partial charge on any atom is -0.462 e. The fraction of sp³-hybridized carbons (Fsp3) is 0.746. The molecule has 0 spiro atoms. The van der Waals surface area contributed by atoms with Crippen LogP contribution in [0.3, 0.4) is 0 Å². The molecule has 0 aliphatic carbocycles. The van der Waals surface area contributed by atoms with Gasteiger partial charge in [0, 0.05) is 12.8 Å². The normalized spacial score (nSPS) is 12.8. The van der Waals surface area contributed by atoms with Crippen LogP contribution in [0, 0.1) is 0 Å². The van der Waals surface area contributed by atoms with Crippen LogP contribution in [0.5, 0.6) is 0 Å². The Kier molecular flexibility index (Phi) is 55.9. The lowest BCUT2D eigenvalue weighted by molar-refractivity contribution is -0.161. The van der Waals surface area contributed by atoms with E-state index in [1.54, 1.807) is 0 Å². The number of ether oxygens (including phenoxy) is 2. The largest absolute Gasteiger partial charge is 0.462 e. The summed E-state index contributed by atoms with van der Waals surface area (Å²) in [6.07, 6.45) is 81.5. The molecule has 392 valence electrons. The second-order valence-electron chi connectivity index (χ2n) is 19.3. The monoisotopic (exact) mass is 947 g/mol. The van der Waals surface area contributed by atoms with E-state index in [2.05, 4.69) is 98.9 Å². The lowest BCUT2D eigenvalue weighted by Gasteiger charge is -2.15. The molecule has 0 rings (SSSR count). The third-order valence-electron chi connectivity index (χ3n) is 12.7. The van der Waals surface area contributed by atoms with Crippen LogP contribution in [-0.2, 0) is 19.1 Å². The van der Waals surface area contributed by atoms with Gasteiger partial charge >= 0.3 is 11.9 Å². The highest BCUT2D eigenvalue weighted by atomic mass is 16.6. The summed E-state index contributed by atoms with van der Waals surface area (Å²) in [5.74, 6) is -0.636. The van der Waals surface area contributed by atoms with E-state index in [0.29, 0.717) is 12.8 Å². The van der Waals surface area contributed by atoms with Crippen molar-refractivity contribution in [3.05, 3.63) is 85.1 Å². The number of carbonyl (C=O) groups excluding carboxylic acids is 2. The smallest absolute Gasteiger partial charge is 0.306 e. The zero-order valence-electron chi connectivity index (χ0n) is 44.9. The zero-order chi connectivity index (χ0) is 49.2. The van der Waals surface area contributed by atoms with Crippen LogP contribution in [0.4, 0.5) is 0 Å². The van der Waals surface area contributed by atoms with Crippen LogP contribution in [0.25, 0.3) is 0 Å². The van der Waals surface area contributed by atoms with Crippen LogP contribution in [0.1, 0.15) is 284 Å². The van der Waals surface area contributed by atoms with E-state index >= 15 is 0 Å². The Morgan fingerprint density at radius 2 is 0.632 bits per heavy atom. The van der Waals surface area contributed by atoms with Crippen molar-refractivity contribution in [3.63, 3.8) is 0 Å². The number of carbonyl (C=O) groups is 2. The number of aliphatic hydroxyl groups is 1. The highest BCUT2D eigenvalue weighted by molar-refractivity contribution is 5.70. The van der Waals surface area contributed by atoms with Gasteiger partial charge in [0.25, 0.3) is 0 Å². The Morgan fingerprint density at radius 1 is 0.353 bits per heavy atom. The van der Waals surface area contributed by atoms with Crippen molar-refractivity contribution < 1.29 is 24.2 Å². The fourth-order valence-corrected chi connectivity index (χ4v) is 8.32. The Balaban J connectivity index is 3.49. The maximum Gasteiger partial charge on any atom is 0.306 e. The second-order valence-corrected chi connectivity index (χ2v) is 19.3. The summed E-state index contributed by atoms with van der Waals surface area (Å²) in [6.45, 7) is 4.01. The summed E-state index contributed by atoms with van der Waals surface area (Å²) in [7, 11) is 0. The lowest BCUT2D eigenvalue weighted by atomic mass is 10.0. The second kappa shape index (κ2) is 58.4. The molecule has 1 N–H and O–H groups in total. The van der Waals surface area contributed by atoms with Gasteiger partial charge in [-0.05, 0) is 89.9 Å². The van der Waals surface area contributed by atoms with Gasteiger partial charge in [-0.25, -0.2) is 0 Å². The molecule has 0 fully saturated rings. The van der Waals surface area contributed by atoms with Gasteiger partial charge in [0.15, 0.2) is 6.10 Å². The van der Waals surface area contributed by atoms with Gasteiger partial charge in [0.2, 0.25) is 0 Å². The molecule has 0 saturated heterocycles. The molecule has 0 radical (unpaired) electrons. The molecule has 5 nitrogen and oxygen atoms in total. The van der Waals surface area contributed by atoms with Crippen molar-refractivity contribution in [2.45, 2.75) is 290 Å². The number of hydrogen-bond acceptors (Lipinski definition) is 5. The van der Waals surface area contributed by atoms with Crippen LogP contribution >= 0.6 is 0 Å². The van der Waals surface area contributed by atoms with Crippen LogP contribution in [0.2, 0.25) is 0 Å². The van der Waals surface area contributed by atoms with Gasteiger partial charge in [-0.15, -0.1) is 0 Å². The topological polar surface area (TPSA) is 72.8 Å². The van der Waals surface area contributed by atoms with Gasteiger partial charge in [0.05, 0.1) is 6.61 Å². The van der Waals surface area contributed by atoms with Crippen molar-refractivity contribution in [1.82, 2.24) is 0 Å². The van der Waals surface area contributed by atoms with E-state index in [4.69, 9.17) is 9.47 Å². The molecule has 0 aliphatic heterocycles. The standard InChI is InChI=1S/C63H110O5/c1-3-5-7-9-11-13-15-17-19-21-23-25-26-27-28-29-30-31-32-33-34-35-36-38-39-41-43-45-47-49-51-53-55-57-62(65)67-60-61(59-64)68-63(66)58-56-54-52-50-48-46-44-42-40-37-24-22-20-18-16-14-12-10-8-6-4-2/h6,8,12,14,18,20-21,23-24,37,42,44,48,50,61,64H,3-5,7,9-11,13,15-17,19,22,25-36,38-41,43,45-47,49,51-60H2,1-2H3/b8-6-,14-12-,20-18-,23-21-,37-24-,44-42-,50-48-. The SMILES string of the molecule is CC/C=C\C/C=C\C/C=C\C/C=C\C/C=C\C/C=C\CCCCC(=O)OC(CO)COC(=O)CCCCCCCCCCCCCCCCCCCCCCC/C=C\CCCCCCCCCC. The average Bonchev–Trinajstić information content (AvgIpc) is 3.34. The minimum atomic E-state index is -0.799. The molecule has 0 bridgehead atoms. The molecule has 68 heavy (non-hydrogen) atoms. The van der Waals surface area contributed by atoms with Crippen LogP contribution in [0.15, 0.2) is 85.1 Å². The van der Waals surface area contributed by atoms with E-state index in [1.807, 2.05) is 0 Å². The van der Waals surface area contributed by atoms with Gasteiger partial charge in [-0.3, -0.25) is 9.59 Å². The Bertz CT molecular complexity index is 1250. The first-order valence-electron chi connectivity index (χ1n) is 29.1. The predicted molar refractivity (Wildman–Crippen MR) is 297 cm³/mol. The molecule has 0 aromatic heterocycles. The Morgan fingerprint density at radius 3 is 1.00 bits per heavy atom. The number of rotatable bonds is 53. The molecule has 1 unspecified atom stereocenters. The van der Waals surface area contributed by atoms with Gasteiger partial charge < -0.3 is 14.6 Å². The van der Waals surface area contributed by atoms with Crippen molar-refractivity contribution in [3.8, 4) is 0 Å². The average molecular weight is 948 g/mol. The van der Waals surface area contributed by atoms with Crippen LogP contribution < -0.4 is 0 Å². The summed E-state index contributed by atoms with van der Waals surface area (Å²) in [4.78, 5) is 24.5.